The lowest BCUT2D eigenvalue weighted by Crippen LogP contribution is -2.55. The number of likely N-dealkylation sites (N-methyl/N-ethyl adjacent to an activating group) is 2. The van der Waals surface area contributed by atoms with Gasteiger partial charge in [-0.2, -0.15) is 0 Å². The van der Waals surface area contributed by atoms with E-state index < -0.39 is 6.04 Å². The largest absolute Gasteiger partial charge is 0.378 e. The third-order valence-corrected chi connectivity index (χ3v) is 6.27. The highest BCUT2D eigenvalue weighted by Crippen LogP contribution is 2.15. The molecule has 0 bridgehead atoms. The van der Waals surface area contributed by atoms with Gasteiger partial charge in [-0.3, -0.25) is 14.5 Å². The zero-order valence-electron chi connectivity index (χ0n) is 22.0. The van der Waals surface area contributed by atoms with E-state index in [1.54, 1.807) is 19.0 Å². The summed E-state index contributed by atoms with van der Waals surface area (Å²) in [6, 6.07) is 20.3. The van der Waals surface area contributed by atoms with Crippen molar-refractivity contribution >= 4 is 11.8 Å². The van der Waals surface area contributed by atoms with Crippen molar-refractivity contribution < 1.29 is 19.1 Å². The van der Waals surface area contributed by atoms with Crippen molar-refractivity contribution in [3.8, 4) is 0 Å². The summed E-state index contributed by atoms with van der Waals surface area (Å²) in [4.78, 5) is 31.9. The predicted molar refractivity (Wildman–Crippen MR) is 140 cm³/mol. The first kappa shape index (κ1) is 27.8. The number of ether oxygens (including phenoxy) is 2. The molecule has 0 unspecified atom stereocenters. The lowest BCUT2D eigenvalue weighted by Gasteiger charge is -2.37. The molecule has 196 valence electrons. The molecule has 4 rings (SSSR count). The number of nitrogens with zero attached hydrogens (tertiary/aromatic N) is 4. The van der Waals surface area contributed by atoms with Gasteiger partial charge in [0.25, 0.3) is 0 Å². The van der Waals surface area contributed by atoms with Gasteiger partial charge in [-0.25, -0.2) is 0 Å². The standard InChI is InChI=1S/C14H18N2O3.C14H22N2O/c1-15(2)14(18)12-9-19-10-13(17)16(12)8-11-6-4-3-5-7-11;1-15(2)11-14-12-17-9-8-16(14)10-13-6-4-3-5-7-13/h3-7,12H,8-10H2,1-2H3;3-7,14H,8-12H2,1-2H3/t12-;14-/m01/s1. The van der Waals surface area contributed by atoms with Gasteiger partial charge < -0.3 is 24.2 Å². The van der Waals surface area contributed by atoms with E-state index in [0.717, 1.165) is 38.4 Å². The highest BCUT2D eigenvalue weighted by atomic mass is 16.5. The monoisotopic (exact) mass is 496 g/mol. The Hall–Kier alpha value is -2.78. The molecule has 2 aromatic rings. The van der Waals surface area contributed by atoms with E-state index in [4.69, 9.17) is 9.47 Å². The van der Waals surface area contributed by atoms with Gasteiger partial charge in [0.15, 0.2) is 0 Å². The predicted octanol–water partition coefficient (Wildman–Crippen LogP) is 1.95. The lowest BCUT2D eigenvalue weighted by molar-refractivity contribution is -0.158. The molecule has 36 heavy (non-hydrogen) atoms. The van der Waals surface area contributed by atoms with Crippen LogP contribution in [0.15, 0.2) is 60.7 Å². The van der Waals surface area contributed by atoms with E-state index in [0.29, 0.717) is 12.6 Å². The van der Waals surface area contributed by atoms with Crippen molar-refractivity contribution in [2.75, 3.05) is 67.7 Å². The van der Waals surface area contributed by atoms with Gasteiger partial charge in [-0.1, -0.05) is 60.7 Å². The van der Waals surface area contributed by atoms with Crippen LogP contribution in [-0.4, -0.2) is 111 Å². The maximum absolute atomic E-state index is 12.1. The molecule has 0 aliphatic carbocycles. The Bertz CT molecular complexity index is 939. The van der Waals surface area contributed by atoms with Gasteiger partial charge in [0.05, 0.1) is 19.8 Å². The first-order chi connectivity index (χ1) is 17.3. The maximum atomic E-state index is 12.1. The molecule has 2 amide bonds. The van der Waals surface area contributed by atoms with Crippen LogP contribution in [0.3, 0.4) is 0 Å². The van der Waals surface area contributed by atoms with Crippen molar-refractivity contribution in [1.82, 2.24) is 19.6 Å². The fraction of sp³-hybridized carbons (Fsp3) is 0.500. The van der Waals surface area contributed by atoms with Gasteiger partial charge in [0, 0.05) is 46.3 Å². The first-order valence-electron chi connectivity index (χ1n) is 12.5. The summed E-state index contributed by atoms with van der Waals surface area (Å²) in [6.07, 6.45) is 0. The average Bonchev–Trinajstić information content (AvgIpc) is 2.87. The van der Waals surface area contributed by atoms with E-state index in [9.17, 15) is 9.59 Å². The van der Waals surface area contributed by atoms with Crippen LogP contribution in [0.25, 0.3) is 0 Å². The Labute approximate surface area is 215 Å². The SMILES string of the molecule is CN(C)C(=O)[C@@H]1COCC(=O)N1Cc1ccccc1.CN(C)C[C@@H]1COCCN1Cc1ccccc1. The van der Waals surface area contributed by atoms with Gasteiger partial charge in [-0.15, -0.1) is 0 Å². The summed E-state index contributed by atoms with van der Waals surface area (Å²) in [5.41, 5.74) is 2.40. The molecule has 0 saturated carbocycles. The molecule has 0 N–H and O–H groups in total. The summed E-state index contributed by atoms with van der Waals surface area (Å²) >= 11 is 0. The summed E-state index contributed by atoms with van der Waals surface area (Å²) in [6.45, 7) is 5.58. The second-order valence-corrected chi connectivity index (χ2v) is 9.72. The molecule has 2 aliphatic heterocycles. The summed E-state index contributed by atoms with van der Waals surface area (Å²) in [7, 11) is 7.61. The summed E-state index contributed by atoms with van der Waals surface area (Å²) in [5.74, 6) is -0.251. The smallest absolute Gasteiger partial charge is 0.249 e. The average molecular weight is 497 g/mol. The maximum Gasteiger partial charge on any atom is 0.249 e. The Morgan fingerprint density at radius 3 is 2.08 bits per heavy atom. The summed E-state index contributed by atoms with van der Waals surface area (Å²) in [5, 5.41) is 0. The fourth-order valence-corrected chi connectivity index (χ4v) is 4.39. The molecule has 2 aromatic carbocycles. The van der Waals surface area contributed by atoms with Gasteiger partial charge in [-0.05, 0) is 25.2 Å². The van der Waals surface area contributed by atoms with Gasteiger partial charge in [0.2, 0.25) is 11.8 Å². The Balaban J connectivity index is 0.000000202. The van der Waals surface area contributed by atoms with Gasteiger partial charge >= 0.3 is 0 Å². The van der Waals surface area contributed by atoms with E-state index >= 15 is 0 Å². The second kappa shape index (κ2) is 14.1. The number of hydrogen-bond acceptors (Lipinski definition) is 6. The van der Waals surface area contributed by atoms with Crippen LogP contribution >= 0.6 is 0 Å². The third kappa shape index (κ3) is 8.41. The van der Waals surface area contributed by atoms with Crippen molar-refractivity contribution in [1.29, 1.82) is 0 Å². The quantitative estimate of drug-likeness (QED) is 0.584. The number of carbonyl (C=O) groups excluding carboxylic acids is 2. The molecule has 2 saturated heterocycles. The van der Waals surface area contributed by atoms with Crippen molar-refractivity contribution in [2.45, 2.75) is 25.2 Å². The van der Waals surface area contributed by atoms with E-state index in [2.05, 4.69) is 54.2 Å². The normalized spacial score (nSPS) is 20.6. The van der Waals surface area contributed by atoms with Crippen LogP contribution in [0.2, 0.25) is 0 Å². The fourth-order valence-electron chi connectivity index (χ4n) is 4.39. The highest BCUT2D eigenvalue weighted by Gasteiger charge is 2.34. The molecule has 2 heterocycles. The minimum atomic E-state index is -0.531. The molecule has 2 aliphatic rings. The summed E-state index contributed by atoms with van der Waals surface area (Å²) < 4.78 is 10.8. The third-order valence-electron chi connectivity index (χ3n) is 6.27. The zero-order valence-corrected chi connectivity index (χ0v) is 22.0. The van der Waals surface area contributed by atoms with Crippen molar-refractivity contribution in [2.24, 2.45) is 0 Å². The molecule has 2 fully saturated rings. The molecule has 2 atom stereocenters. The highest BCUT2D eigenvalue weighted by molar-refractivity contribution is 5.89. The van der Waals surface area contributed by atoms with Crippen LogP contribution in [0, 0.1) is 0 Å². The molecule has 8 heteroatoms. The van der Waals surface area contributed by atoms with Crippen molar-refractivity contribution in [3.05, 3.63) is 71.8 Å². The first-order valence-corrected chi connectivity index (χ1v) is 12.5. The van der Waals surface area contributed by atoms with Crippen LogP contribution in [0.4, 0.5) is 0 Å². The zero-order chi connectivity index (χ0) is 25.9. The minimum absolute atomic E-state index is 0.0457. The minimum Gasteiger partial charge on any atom is -0.378 e. The number of morpholine rings is 2. The lowest BCUT2D eigenvalue weighted by atomic mass is 10.1. The molecule has 8 nitrogen and oxygen atoms in total. The van der Waals surface area contributed by atoms with Crippen molar-refractivity contribution in [3.63, 3.8) is 0 Å². The Morgan fingerprint density at radius 1 is 0.889 bits per heavy atom. The Morgan fingerprint density at radius 2 is 1.50 bits per heavy atom. The van der Waals surface area contributed by atoms with E-state index in [-0.39, 0.29) is 25.0 Å². The second-order valence-electron chi connectivity index (χ2n) is 9.72. The topological polar surface area (TPSA) is 65.6 Å². The molecule has 0 radical (unpaired) electrons. The number of carbonyl (C=O) groups is 2. The molecule has 0 aromatic heterocycles. The molecular weight excluding hydrogens is 456 g/mol. The van der Waals surface area contributed by atoms with Crippen LogP contribution < -0.4 is 0 Å². The number of hydrogen-bond donors (Lipinski definition) is 0. The van der Waals surface area contributed by atoms with Crippen LogP contribution in [-0.2, 0) is 32.2 Å². The van der Waals surface area contributed by atoms with Crippen LogP contribution in [0.5, 0.6) is 0 Å². The number of benzene rings is 2. The molecular formula is C28H40N4O4. The van der Waals surface area contributed by atoms with Gasteiger partial charge in [0.1, 0.15) is 12.6 Å². The number of amides is 2. The molecule has 0 spiro atoms. The number of rotatable bonds is 7. The van der Waals surface area contributed by atoms with Crippen LogP contribution in [0.1, 0.15) is 11.1 Å². The van der Waals surface area contributed by atoms with E-state index in [1.807, 2.05) is 30.3 Å². The Kier molecular flexibility index (Phi) is 10.9. The van der Waals surface area contributed by atoms with E-state index in [1.165, 1.54) is 10.5 Å².